The molecule has 1 heterocycles. The molecule has 1 aliphatic carbocycles. The number of ether oxygens (including phenoxy) is 1. The van der Waals surface area contributed by atoms with E-state index < -0.39 is 0 Å². The summed E-state index contributed by atoms with van der Waals surface area (Å²) in [7, 11) is 0. The van der Waals surface area contributed by atoms with Crippen molar-refractivity contribution >= 4 is 33.5 Å². The van der Waals surface area contributed by atoms with Crippen molar-refractivity contribution in [1.82, 2.24) is 0 Å². The summed E-state index contributed by atoms with van der Waals surface area (Å²) < 4.78 is 6.64. The van der Waals surface area contributed by atoms with Gasteiger partial charge in [-0.15, -0.1) is 11.3 Å². The van der Waals surface area contributed by atoms with Crippen LogP contribution in [-0.2, 0) is 4.74 Å². The van der Waals surface area contributed by atoms with Crippen LogP contribution in [0.15, 0.2) is 53.1 Å². The third kappa shape index (κ3) is 7.43. The minimum Gasteiger partial charge on any atom is -0.462 e. The largest absolute Gasteiger partial charge is 0.462 e. The number of carbonyl (C=O) groups excluding carboxylic acids is 1. The highest BCUT2D eigenvalue weighted by molar-refractivity contribution is 7.19. The first-order valence-corrected chi connectivity index (χ1v) is 13.9. The van der Waals surface area contributed by atoms with Gasteiger partial charge in [0, 0.05) is 9.58 Å². The number of hydrogen-bond donors (Lipinski definition) is 0. The Morgan fingerprint density at radius 2 is 1.88 bits per heavy atom. The summed E-state index contributed by atoms with van der Waals surface area (Å²) in [6, 6.07) is 8.11. The van der Waals surface area contributed by atoms with Crippen molar-refractivity contribution < 1.29 is 9.53 Å². The Kier molecular flexibility index (Phi) is 9.76. The van der Waals surface area contributed by atoms with Gasteiger partial charge in [0.1, 0.15) is 0 Å². The molecular formula is C31H42O2S. The van der Waals surface area contributed by atoms with Crippen molar-refractivity contribution in [3.8, 4) is 0 Å². The molecule has 2 nitrogen and oxygen atoms in total. The summed E-state index contributed by atoms with van der Waals surface area (Å²) in [4.78, 5) is 13.7. The number of esters is 1. The predicted octanol–water partition coefficient (Wildman–Crippen LogP) is 9.90. The number of hydrogen-bond acceptors (Lipinski definition) is 3. The number of thiophene rings is 1. The highest BCUT2D eigenvalue weighted by Gasteiger charge is 2.26. The predicted molar refractivity (Wildman–Crippen MR) is 149 cm³/mol. The fourth-order valence-corrected chi connectivity index (χ4v) is 5.99. The van der Waals surface area contributed by atoms with E-state index in [-0.39, 0.29) is 11.4 Å². The lowest BCUT2D eigenvalue weighted by Crippen LogP contribution is -2.19. The molecule has 3 heteroatoms. The highest BCUT2D eigenvalue weighted by atomic mass is 32.1. The molecule has 0 saturated heterocycles. The number of allylic oxidation sites excluding steroid dienone is 5. The first-order valence-electron chi connectivity index (χ1n) is 13.1. The minimum absolute atomic E-state index is 0.209. The average Bonchev–Trinajstić information content (AvgIpc) is 3.18. The Morgan fingerprint density at radius 3 is 2.65 bits per heavy atom. The monoisotopic (exact) mass is 478 g/mol. The van der Waals surface area contributed by atoms with E-state index in [0.717, 1.165) is 17.5 Å². The van der Waals surface area contributed by atoms with Crippen molar-refractivity contribution in [1.29, 1.82) is 0 Å². The van der Waals surface area contributed by atoms with E-state index in [1.54, 1.807) is 11.3 Å². The maximum absolute atomic E-state index is 12.5. The number of carbonyl (C=O) groups is 1. The molecular weight excluding hydrogens is 436 g/mol. The molecule has 0 atom stereocenters. The van der Waals surface area contributed by atoms with Gasteiger partial charge in [0.15, 0.2) is 0 Å². The van der Waals surface area contributed by atoms with Crippen LogP contribution in [0.3, 0.4) is 0 Å². The summed E-state index contributed by atoms with van der Waals surface area (Å²) in [5, 5.41) is 1.17. The zero-order valence-corrected chi connectivity index (χ0v) is 22.7. The van der Waals surface area contributed by atoms with Crippen molar-refractivity contribution in [2.75, 3.05) is 6.61 Å². The molecule has 3 rings (SSSR count). The molecule has 0 radical (unpaired) electrons. The summed E-state index contributed by atoms with van der Waals surface area (Å²) in [5.41, 5.74) is 5.17. The SMILES string of the molecule is CCCCCCCCOC(=O)c1ccc2cc(/C=C(C)/C=C/C3=C(C)CCCC3(C)C)sc2c1. The van der Waals surface area contributed by atoms with Gasteiger partial charge in [-0.25, -0.2) is 4.79 Å². The molecule has 0 spiro atoms. The molecule has 0 N–H and O–H groups in total. The maximum Gasteiger partial charge on any atom is 0.338 e. The zero-order chi connectivity index (χ0) is 24.6. The van der Waals surface area contributed by atoms with Crippen LogP contribution in [0.2, 0.25) is 0 Å². The molecule has 34 heavy (non-hydrogen) atoms. The van der Waals surface area contributed by atoms with Crippen LogP contribution in [0.25, 0.3) is 16.2 Å². The standard InChI is InChI=1S/C31H42O2S/c1-6-7-8-9-10-11-19-33-30(32)26-16-15-25-21-27(34-29(25)22-26)20-23(2)14-17-28-24(3)13-12-18-31(28,4)5/h14-17,20-22H,6-13,18-19H2,1-5H3/b17-14+,23-20+. The quantitative estimate of drug-likeness (QED) is 0.182. The van der Waals surface area contributed by atoms with Crippen molar-refractivity contribution in [2.24, 2.45) is 5.41 Å². The van der Waals surface area contributed by atoms with E-state index in [0.29, 0.717) is 12.2 Å². The Hall–Kier alpha value is -2.13. The van der Waals surface area contributed by atoms with Gasteiger partial charge in [-0.3, -0.25) is 0 Å². The second kappa shape index (κ2) is 12.5. The van der Waals surface area contributed by atoms with Gasteiger partial charge < -0.3 is 4.74 Å². The molecule has 0 fully saturated rings. The number of benzene rings is 1. The fourth-order valence-electron chi connectivity index (χ4n) is 4.88. The van der Waals surface area contributed by atoms with Gasteiger partial charge in [0.2, 0.25) is 0 Å². The third-order valence-corrected chi connectivity index (χ3v) is 7.98. The second-order valence-electron chi connectivity index (χ2n) is 10.5. The lowest BCUT2D eigenvalue weighted by atomic mass is 9.72. The summed E-state index contributed by atoms with van der Waals surface area (Å²) in [5.74, 6) is -0.209. The zero-order valence-electron chi connectivity index (χ0n) is 21.8. The first kappa shape index (κ1) is 26.5. The van der Waals surface area contributed by atoms with Crippen molar-refractivity contribution in [3.05, 3.63) is 63.6 Å². The van der Waals surface area contributed by atoms with Crippen LogP contribution in [0.5, 0.6) is 0 Å². The van der Waals surface area contributed by atoms with Gasteiger partial charge in [0.05, 0.1) is 12.2 Å². The van der Waals surface area contributed by atoms with Crippen LogP contribution in [0.1, 0.15) is 108 Å². The summed E-state index contributed by atoms with van der Waals surface area (Å²) in [6.45, 7) is 11.9. The first-order chi connectivity index (χ1) is 16.3. The molecule has 1 aromatic heterocycles. The van der Waals surface area contributed by atoms with E-state index in [4.69, 9.17) is 4.74 Å². The topological polar surface area (TPSA) is 26.3 Å². The van der Waals surface area contributed by atoms with Crippen LogP contribution >= 0.6 is 11.3 Å². The molecule has 1 aromatic carbocycles. The Morgan fingerprint density at radius 1 is 1.12 bits per heavy atom. The molecule has 0 aliphatic heterocycles. The van der Waals surface area contributed by atoms with Gasteiger partial charge in [-0.05, 0) is 85.8 Å². The molecule has 184 valence electrons. The maximum atomic E-state index is 12.5. The van der Waals surface area contributed by atoms with E-state index >= 15 is 0 Å². The van der Waals surface area contributed by atoms with Crippen LogP contribution in [-0.4, -0.2) is 12.6 Å². The van der Waals surface area contributed by atoms with E-state index in [1.165, 1.54) is 71.9 Å². The molecule has 0 amide bonds. The third-order valence-electron chi connectivity index (χ3n) is 6.93. The summed E-state index contributed by atoms with van der Waals surface area (Å²) in [6.07, 6.45) is 17.7. The van der Waals surface area contributed by atoms with Crippen molar-refractivity contribution in [3.63, 3.8) is 0 Å². The number of unbranched alkanes of at least 4 members (excludes halogenated alkanes) is 5. The van der Waals surface area contributed by atoms with Gasteiger partial charge in [-0.2, -0.15) is 0 Å². The molecule has 1 aliphatic rings. The lowest BCUT2D eigenvalue weighted by Gasteiger charge is -2.32. The Labute approximate surface area is 210 Å². The molecule has 0 bridgehead atoms. The Bertz CT molecular complexity index is 1060. The van der Waals surface area contributed by atoms with E-state index in [1.807, 2.05) is 18.2 Å². The minimum atomic E-state index is -0.209. The smallest absolute Gasteiger partial charge is 0.338 e. The second-order valence-corrected chi connectivity index (χ2v) is 11.6. The van der Waals surface area contributed by atoms with Crippen LogP contribution in [0.4, 0.5) is 0 Å². The molecule has 0 unspecified atom stereocenters. The van der Waals surface area contributed by atoms with E-state index in [9.17, 15) is 4.79 Å². The molecule has 0 saturated carbocycles. The number of fused-ring (bicyclic) bond motifs is 1. The van der Waals surface area contributed by atoms with E-state index in [2.05, 4.69) is 58.9 Å². The average molecular weight is 479 g/mol. The summed E-state index contributed by atoms with van der Waals surface area (Å²) >= 11 is 1.73. The number of rotatable bonds is 11. The Balaban J connectivity index is 1.61. The van der Waals surface area contributed by atoms with Gasteiger partial charge in [-0.1, -0.05) is 76.7 Å². The highest BCUT2D eigenvalue weighted by Crippen LogP contribution is 2.41. The van der Waals surface area contributed by atoms with Gasteiger partial charge >= 0.3 is 5.97 Å². The van der Waals surface area contributed by atoms with Crippen LogP contribution < -0.4 is 0 Å². The van der Waals surface area contributed by atoms with Crippen LogP contribution in [0, 0.1) is 5.41 Å². The molecule has 2 aromatic rings. The normalized spacial score (nSPS) is 16.6. The fraction of sp³-hybridized carbons (Fsp3) is 0.516. The van der Waals surface area contributed by atoms with Crippen molar-refractivity contribution in [2.45, 2.75) is 92.4 Å². The lowest BCUT2D eigenvalue weighted by molar-refractivity contribution is 0.0498. The van der Waals surface area contributed by atoms with Gasteiger partial charge in [0.25, 0.3) is 0 Å².